The molecule has 0 saturated carbocycles. The number of carbonyl (C=O) groups is 1. The van der Waals surface area contributed by atoms with Crippen LogP contribution in [0.5, 0.6) is 0 Å². The Bertz CT molecular complexity index is 1420. The zero-order valence-electron chi connectivity index (χ0n) is 18.3. The van der Waals surface area contributed by atoms with Gasteiger partial charge in [0.15, 0.2) is 5.69 Å². The fourth-order valence-corrected chi connectivity index (χ4v) is 3.74. The van der Waals surface area contributed by atoms with Gasteiger partial charge in [0.05, 0.1) is 19.5 Å². The Morgan fingerprint density at radius 2 is 1.50 bits per heavy atom. The largest absolute Gasteiger partial charge is 0.383 e. The normalized spacial score (nSPS) is 10.7. The maximum Gasteiger partial charge on any atom is 0.330 e. The third-order valence-corrected chi connectivity index (χ3v) is 5.40. The van der Waals surface area contributed by atoms with Crippen molar-refractivity contribution in [2.24, 2.45) is 0 Å². The van der Waals surface area contributed by atoms with Crippen LogP contribution < -0.4 is 21.9 Å². The van der Waals surface area contributed by atoms with E-state index in [0.29, 0.717) is 5.56 Å². The van der Waals surface area contributed by atoms with Gasteiger partial charge in [-0.3, -0.25) is 24.0 Å². The summed E-state index contributed by atoms with van der Waals surface area (Å²) in [5, 5.41) is 0. The number of H-pyrrole nitrogens is 1. The lowest BCUT2D eigenvalue weighted by Gasteiger charge is -2.25. The standard InChI is InChI=1S/C26H23FN4O3/c27-21-13-7-12-20(14-21)15-22(32)30(16-18-8-3-1-4-9-18)23-24(28)31(26(34)29-25(23)33)17-19-10-5-2-6-11-19/h1-14H,15-17,28H2,(H,29,33,34). The molecule has 1 aromatic heterocycles. The lowest BCUT2D eigenvalue weighted by atomic mass is 10.1. The molecule has 0 fully saturated rings. The van der Waals surface area contributed by atoms with E-state index < -0.39 is 23.0 Å². The molecule has 0 unspecified atom stereocenters. The van der Waals surface area contributed by atoms with Crippen LogP contribution in [0.1, 0.15) is 16.7 Å². The van der Waals surface area contributed by atoms with Gasteiger partial charge >= 0.3 is 5.69 Å². The number of nitrogens with two attached hydrogens (primary N) is 1. The highest BCUT2D eigenvalue weighted by atomic mass is 19.1. The molecule has 3 N–H and O–H groups in total. The van der Waals surface area contributed by atoms with Gasteiger partial charge in [-0.15, -0.1) is 0 Å². The predicted octanol–water partition coefficient (Wildman–Crippen LogP) is 3.08. The average molecular weight is 458 g/mol. The molecule has 0 aliphatic rings. The molecule has 34 heavy (non-hydrogen) atoms. The van der Waals surface area contributed by atoms with Crippen LogP contribution in [0.4, 0.5) is 15.9 Å². The first kappa shape index (κ1) is 22.7. The van der Waals surface area contributed by atoms with Gasteiger partial charge in [-0.2, -0.15) is 0 Å². The van der Waals surface area contributed by atoms with Crippen LogP contribution in [0.15, 0.2) is 94.5 Å². The molecule has 4 rings (SSSR count). The molecule has 0 atom stereocenters. The van der Waals surface area contributed by atoms with Crippen molar-refractivity contribution in [1.29, 1.82) is 0 Å². The van der Waals surface area contributed by atoms with Crippen molar-refractivity contribution in [3.05, 3.63) is 128 Å². The van der Waals surface area contributed by atoms with E-state index in [1.165, 1.54) is 27.7 Å². The molecular weight excluding hydrogens is 435 g/mol. The van der Waals surface area contributed by atoms with E-state index >= 15 is 0 Å². The first-order chi connectivity index (χ1) is 16.4. The first-order valence-electron chi connectivity index (χ1n) is 10.7. The lowest BCUT2D eigenvalue weighted by molar-refractivity contribution is -0.118. The second-order valence-corrected chi connectivity index (χ2v) is 7.84. The predicted molar refractivity (Wildman–Crippen MR) is 129 cm³/mol. The third-order valence-electron chi connectivity index (χ3n) is 5.40. The van der Waals surface area contributed by atoms with Crippen LogP contribution in [-0.2, 0) is 24.3 Å². The number of nitrogens with zero attached hydrogens (tertiary/aromatic N) is 2. The second kappa shape index (κ2) is 9.99. The molecule has 4 aromatic rings. The number of carbonyl (C=O) groups excluding carboxylic acids is 1. The van der Waals surface area contributed by atoms with Crippen LogP contribution in [0.2, 0.25) is 0 Å². The Balaban J connectivity index is 1.78. The Morgan fingerprint density at radius 3 is 2.15 bits per heavy atom. The number of hydrogen-bond acceptors (Lipinski definition) is 4. The molecule has 0 bridgehead atoms. The van der Waals surface area contributed by atoms with Gasteiger partial charge in [-0.25, -0.2) is 9.18 Å². The first-order valence-corrected chi connectivity index (χ1v) is 10.7. The average Bonchev–Trinajstić information content (AvgIpc) is 2.82. The molecule has 0 saturated heterocycles. The number of aromatic amines is 1. The summed E-state index contributed by atoms with van der Waals surface area (Å²) in [7, 11) is 0. The summed E-state index contributed by atoms with van der Waals surface area (Å²) in [5.74, 6) is -1.05. The Labute approximate surface area is 194 Å². The fraction of sp³-hybridized carbons (Fsp3) is 0.115. The summed E-state index contributed by atoms with van der Waals surface area (Å²) in [6.07, 6.45) is -0.152. The molecular formula is C26H23FN4O3. The minimum atomic E-state index is -0.768. The molecule has 1 heterocycles. The van der Waals surface area contributed by atoms with Crippen LogP contribution in [-0.4, -0.2) is 15.5 Å². The van der Waals surface area contributed by atoms with Crippen LogP contribution in [0.3, 0.4) is 0 Å². The van der Waals surface area contributed by atoms with Crippen LogP contribution in [0.25, 0.3) is 0 Å². The molecule has 0 aliphatic heterocycles. The van der Waals surface area contributed by atoms with E-state index in [1.807, 2.05) is 60.7 Å². The zero-order valence-corrected chi connectivity index (χ0v) is 18.3. The Morgan fingerprint density at radius 1 is 0.882 bits per heavy atom. The molecule has 0 aliphatic carbocycles. The van der Waals surface area contributed by atoms with Crippen molar-refractivity contribution in [2.45, 2.75) is 19.5 Å². The molecule has 7 nitrogen and oxygen atoms in total. The Hall–Kier alpha value is -4.46. The minimum absolute atomic E-state index is 0.0474. The third kappa shape index (κ3) is 5.12. The molecule has 3 aromatic carbocycles. The fourth-order valence-electron chi connectivity index (χ4n) is 3.74. The minimum Gasteiger partial charge on any atom is -0.383 e. The van der Waals surface area contributed by atoms with E-state index in [1.54, 1.807) is 6.07 Å². The SMILES string of the molecule is Nc1c(N(Cc2ccccc2)C(=O)Cc2cccc(F)c2)c(=O)[nH]c(=O)n1Cc1ccccc1. The number of aromatic nitrogens is 2. The number of nitrogens with one attached hydrogen (secondary N) is 1. The van der Waals surface area contributed by atoms with Crippen molar-refractivity contribution in [3.8, 4) is 0 Å². The number of halogens is 1. The summed E-state index contributed by atoms with van der Waals surface area (Å²) < 4.78 is 14.9. The van der Waals surface area contributed by atoms with Crippen LogP contribution >= 0.6 is 0 Å². The number of anilines is 2. The zero-order chi connectivity index (χ0) is 24.1. The summed E-state index contributed by atoms with van der Waals surface area (Å²) >= 11 is 0. The molecule has 172 valence electrons. The van der Waals surface area contributed by atoms with Crippen molar-refractivity contribution < 1.29 is 9.18 Å². The van der Waals surface area contributed by atoms with Gasteiger partial charge < -0.3 is 5.73 Å². The van der Waals surface area contributed by atoms with E-state index in [2.05, 4.69) is 4.98 Å². The van der Waals surface area contributed by atoms with Gasteiger partial charge in [0.2, 0.25) is 5.91 Å². The monoisotopic (exact) mass is 458 g/mol. The molecule has 0 radical (unpaired) electrons. The number of rotatable bonds is 7. The maximum atomic E-state index is 13.7. The van der Waals surface area contributed by atoms with Gasteiger partial charge in [0.1, 0.15) is 11.6 Å². The topological polar surface area (TPSA) is 101 Å². The summed E-state index contributed by atoms with van der Waals surface area (Å²) in [4.78, 5) is 42.4. The smallest absolute Gasteiger partial charge is 0.330 e. The maximum absolute atomic E-state index is 13.7. The van der Waals surface area contributed by atoms with Gasteiger partial charge in [0.25, 0.3) is 5.56 Å². The van der Waals surface area contributed by atoms with Crippen molar-refractivity contribution >= 4 is 17.4 Å². The number of benzene rings is 3. The summed E-state index contributed by atoms with van der Waals surface area (Å²) in [6.45, 7) is 0.165. The molecule has 8 heteroatoms. The van der Waals surface area contributed by atoms with Gasteiger partial charge in [0, 0.05) is 0 Å². The highest BCUT2D eigenvalue weighted by molar-refractivity contribution is 5.96. The van der Waals surface area contributed by atoms with E-state index in [-0.39, 0.29) is 31.0 Å². The van der Waals surface area contributed by atoms with Crippen molar-refractivity contribution in [2.75, 3.05) is 10.6 Å². The number of nitrogen functional groups attached to an aromatic ring is 1. The summed E-state index contributed by atoms with van der Waals surface area (Å²) in [6, 6.07) is 23.9. The van der Waals surface area contributed by atoms with Crippen molar-refractivity contribution in [1.82, 2.24) is 9.55 Å². The quantitative estimate of drug-likeness (QED) is 0.444. The van der Waals surface area contributed by atoms with E-state index in [4.69, 9.17) is 5.73 Å². The molecule has 1 amide bonds. The van der Waals surface area contributed by atoms with E-state index in [9.17, 15) is 18.8 Å². The van der Waals surface area contributed by atoms with E-state index in [0.717, 1.165) is 11.1 Å². The molecule has 0 spiro atoms. The second-order valence-electron chi connectivity index (χ2n) is 7.84. The van der Waals surface area contributed by atoms with Crippen LogP contribution in [0, 0.1) is 5.82 Å². The van der Waals surface area contributed by atoms with Crippen molar-refractivity contribution in [3.63, 3.8) is 0 Å². The lowest BCUT2D eigenvalue weighted by Crippen LogP contribution is -2.41. The number of amides is 1. The number of hydrogen-bond donors (Lipinski definition) is 2. The Kier molecular flexibility index (Phi) is 6.68. The summed E-state index contributed by atoms with van der Waals surface area (Å²) in [5.41, 5.74) is 6.78. The van der Waals surface area contributed by atoms with Gasteiger partial charge in [-0.05, 0) is 28.8 Å². The highest BCUT2D eigenvalue weighted by Crippen LogP contribution is 2.22. The van der Waals surface area contributed by atoms with Gasteiger partial charge in [-0.1, -0.05) is 72.8 Å². The highest BCUT2D eigenvalue weighted by Gasteiger charge is 2.25.